The summed E-state index contributed by atoms with van der Waals surface area (Å²) in [6, 6.07) is 0. The van der Waals surface area contributed by atoms with Crippen LogP contribution in [0.5, 0.6) is 0 Å². The van der Waals surface area contributed by atoms with Gasteiger partial charge in [0, 0.05) is 13.1 Å². The van der Waals surface area contributed by atoms with E-state index in [0.29, 0.717) is 5.92 Å². The van der Waals surface area contributed by atoms with Crippen LogP contribution >= 0.6 is 0 Å². The van der Waals surface area contributed by atoms with Gasteiger partial charge < -0.3 is 14.7 Å². The van der Waals surface area contributed by atoms with E-state index in [2.05, 4.69) is 13.8 Å². The molecule has 0 bridgehead atoms. The second-order valence-corrected chi connectivity index (χ2v) is 7.84. The molecule has 1 heterocycles. The van der Waals surface area contributed by atoms with Crippen LogP contribution in [-0.4, -0.2) is 40.4 Å². The lowest BCUT2D eigenvalue weighted by Crippen LogP contribution is -2.43. The summed E-state index contributed by atoms with van der Waals surface area (Å²) in [4.78, 5) is 13.9. The first kappa shape index (κ1) is 19.3. The summed E-state index contributed by atoms with van der Waals surface area (Å²) in [6.07, 6.45) is 6.41. The first-order valence-electron chi connectivity index (χ1n) is 8.89. The Labute approximate surface area is 136 Å². The van der Waals surface area contributed by atoms with Crippen LogP contribution in [0, 0.1) is 5.92 Å². The Balaban J connectivity index is 2.46. The average molecular weight is 313 g/mol. The molecule has 0 aromatic heterocycles. The monoisotopic (exact) mass is 313 g/mol. The van der Waals surface area contributed by atoms with E-state index in [-0.39, 0.29) is 6.09 Å². The normalized spacial score (nSPS) is 17.6. The Bertz CT molecular complexity index is 335. The molecule has 1 saturated heterocycles. The van der Waals surface area contributed by atoms with Crippen molar-refractivity contribution >= 4 is 6.09 Å². The van der Waals surface area contributed by atoms with Gasteiger partial charge in [-0.25, -0.2) is 4.79 Å². The fourth-order valence-corrected chi connectivity index (χ4v) is 3.44. The first-order valence-corrected chi connectivity index (χ1v) is 8.89. The lowest BCUT2D eigenvalue weighted by molar-refractivity contribution is -0.0152. The molecule has 1 fully saturated rings. The van der Waals surface area contributed by atoms with Crippen molar-refractivity contribution in [2.45, 2.75) is 90.8 Å². The zero-order valence-electron chi connectivity index (χ0n) is 15.2. The molecule has 1 rings (SSSR count). The zero-order chi connectivity index (χ0) is 16.8. The molecule has 0 saturated carbocycles. The predicted octanol–water partition coefficient (Wildman–Crippen LogP) is 4.35. The highest BCUT2D eigenvalue weighted by atomic mass is 16.6. The third-order valence-corrected chi connectivity index (χ3v) is 4.37. The van der Waals surface area contributed by atoms with E-state index in [1.807, 2.05) is 20.8 Å². The highest BCUT2D eigenvalue weighted by molar-refractivity contribution is 5.68. The third-order valence-electron chi connectivity index (χ3n) is 4.37. The van der Waals surface area contributed by atoms with Crippen molar-refractivity contribution in [2.24, 2.45) is 5.92 Å². The van der Waals surface area contributed by atoms with E-state index >= 15 is 0 Å². The Kier molecular flexibility index (Phi) is 7.17. The van der Waals surface area contributed by atoms with Crippen molar-refractivity contribution < 1.29 is 14.6 Å². The molecule has 0 spiro atoms. The van der Waals surface area contributed by atoms with E-state index in [1.165, 1.54) is 0 Å². The maximum atomic E-state index is 12.1. The van der Waals surface area contributed by atoms with Gasteiger partial charge in [0.15, 0.2) is 0 Å². The van der Waals surface area contributed by atoms with Gasteiger partial charge in [-0.2, -0.15) is 0 Å². The van der Waals surface area contributed by atoms with E-state index in [9.17, 15) is 9.90 Å². The quantitative estimate of drug-likeness (QED) is 0.793. The number of rotatable bonds is 6. The molecule has 0 radical (unpaired) electrons. The van der Waals surface area contributed by atoms with Crippen LogP contribution in [0.3, 0.4) is 0 Å². The van der Waals surface area contributed by atoms with Crippen LogP contribution < -0.4 is 0 Å². The summed E-state index contributed by atoms with van der Waals surface area (Å²) in [5, 5.41) is 10.8. The molecule has 4 heteroatoms. The molecular formula is C18H35NO3. The Morgan fingerprint density at radius 1 is 1.14 bits per heavy atom. The van der Waals surface area contributed by atoms with Gasteiger partial charge in [-0.15, -0.1) is 0 Å². The minimum absolute atomic E-state index is 0.205. The average Bonchev–Trinajstić information content (AvgIpc) is 2.37. The smallest absolute Gasteiger partial charge is 0.410 e. The molecule has 1 aliphatic rings. The molecule has 1 aliphatic heterocycles. The standard InChI is InChI=1S/C18H35NO3/c1-6-10-18(21,11-7-2)14-15-8-12-19(13-9-15)16(20)22-17(3,4)5/h15,21H,6-14H2,1-5H3. The number of hydrogen-bond acceptors (Lipinski definition) is 3. The van der Waals surface area contributed by atoms with Crippen molar-refractivity contribution in [3.63, 3.8) is 0 Å². The van der Waals surface area contributed by atoms with E-state index in [0.717, 1.165) is 58.0 Å². The SMILES string of the molecule is CCCC(O)(CCC)CC1CCN(C(=O)OC(C)(C)C)CC1. The van der Waals surface area contributed by atoms with Crippen molar-refractivity contribution in [2.75, 3.05) is 13.1 Å². The summed E-state index contributed by atoms with van der Waals surface area (Å²) >= 11 is 0. The molecule has 0 aliphatic carbocycles. The largest absolute Gasteiger partial charge is 0.444 e. The van der Waals surface area contributed by atoms with Gasteiger partial charge in [0.1, 0.15) is 5.60 Å². The van der Waals surface area contributed by atoms with Crippen molar-refractivity contribution in [3.8, 4) is 0 Å². The number of aliphatic hydroxyl groups is 1. The highest BCUT2D eigenvalue weighted by Crippen LogP contribution is 2.32. The maximum Gasteiger partial charge on any atom is 0.410 e. The minimum Gasteiger partial charge on any atom is -0.444 e. The van der Waals surface area contributed by atoms with Gasteiger partial charge >= 0.3 is 6.09 Å². The molecule has 0 unspecified atom stereocenters. The lowest BCUT2D eigenvalue weighted by Gasteiger charge is -2.37. The van der Waals surface area contributed by atoms with Gasteiger partial charge in [0.2, 0.25) is 0 Å². The molecule has 0 aromatic rings. The molecule has 4 nitrogen and oxygen atoms in total. The van der Waals surface area contributed by atoms with Crippen LogP contribution in [0.2, 0.25) is 0 Å². The van der Waals surface area contributed by atoms with Gasteiger partial charge in [-0.1, -0.05) is 26.7 Å². The van der Waals surface area contributed by atoms with Crippen molar-refractivity contribution in [3.05, 3.63) is 0 Å². The first-order chi connectivity index (χ1) is 10.2. The fraction of sp³-hybridized carbons (Fsp3) is 0.944. The molecule has 0 atom stereocenters. The van der Waals surface area contributed by atoms with Crippen LogP contribution in [-0.2, 0) is 4.74 Å². The predicted molar refractivity (Wildman–Crippen MR) is 89.9 cm³/mol. The third kappa shape index (κ3) is 6.55. The summed E-state index contributed by atoms with van der Waals surface area (Å²) in [5.74, 6) is 0.516. The number of carbonyl (C=O) groups is 1. The van der Waals surface area contributed by atoms with E-state index in [1.54, 1.807) is 4.90 Å². The Hall–Kier alpha value is -0.770. The van der Waals surface area contributed by atoms with Crippen LogP contribution in [0.1, 0.15) is 79.6 Å². The number of amides is 1. The van der Waals surface area contributed by atoms with E-state index in [4.69, 9.17) is 4.74 Å². The molecule has 22 heavy (non-hydrogen) atoms. The number of nitrogens with zero attached hydrogens (tertiary/aromatic N) is 1. The maximum absolute atomic E-state index is 12.1. The van der Waals surface area contributed by atoms with Crippen LogP contribution in [0.25, 0.3) is 0 Å². The van der Waals surface area contributed by atoms with Gasteiger partial charge in [0.05, 0.1) is 5.60 Å². The number of piperidine rings is 1. The summed E-state index contributed by atoms with van der Waals surface area (Å²) in [7, 11) is 0. The topological polar surface area (TPSA) is 49.8 Å². The van der Waals surface area contributed by atoms with E-state index < -0.39 is 11.2 Å². The number of ether oxygens (including phenoxy) is 1. The van der Waals surface area contributed by atoms with Crippen LogP contribution in [0.4, 0.5) is 4.79 Å². The Morgan fingerprint density at radius 3 is 2.05 bits per heavy atom. The number of hydrogen-bond donors (Lipinski definition) is 1. The van der Waals surface area contributed by atoms with Gasteiger partial charge in [-0.05, 0) is 58.8 Å². The highest BCUT2D eigenvalue weighted by Gasteiger charge is 2.32. The minimum atomic E-state index is -0.512. The zero-order valence-corrected chi connectivity index (χ0v) is 15.2. The van der Waals surface area contributed by atoms with Crippen molar-refractivity contribution in [1.29, 1.82) is 0 Å². The summed E-state index contributed by atoms with van der Waals surface area (Å²) < 4.78 is 5.43. The number of likely N-dealkylation sites (tertiary alicyclic amines) is 1. The van der Waals surface area contributed by atoms with Gasteiger partial charge in [0.25, 0.3) is 0 Å². The second-order valence-electron chi connectivity index (χ2n) is 7.84. The molecule has 1 amide bonds. The molecular weight excluding hydrogens is 278 g/mol. The second kappa shape index (κ2) is 8.19. The Morgan fingerprint density at radius 2 is 1.64 bits per heavy atom. The van der Waals surface area contributed by atoms with Gasteiger partial charge in [-0.3, -0.25) is 0 Å². The lowest BCUT2D eigenvalue weighted by atomic mass is 9.80. The summed E-state index contributed by atoms with van der Waals surface area (Å²) in [6.45, 7) is 11.4. The van der Waals surface area contributed by atoms with Crippen molar-refractivity contribution in [1.82, 2.24) is 4.90 Å². The number of carbonyl (C=O) groups excluding carboxylic acids is 1. The molecule has 0 aromatic carbocycles. The fourth-order valence-electron chi connectivity index (χ4n) is 3.44. The van der Waals surface area contributed by atoms with Crippen LogP contribution in [0.15, 0.2) is 0 Å². The molecule has 1 N–H and O–H groups in total. The molecule has 130 valence electrons. The summed E-state index contributed by atoms with van der Waals surface area (Å²) in [5.41, 5.74) is -0.946.